The van der Waals surface area contributed by atoms with Crippen molar-refractivity contribution in [2.75, 3.05) is 33.3 Å². The monoisotopic (exact) mass is 465 g/mol. The lowest BCUT2D eigenvalue weighted by Crippen LogP contribution is -2.27. The Hall–Kier alpha value is -3.78. The third-order valence-corrected chi connectivity index (χ3v) is 5.17. The van der Waals surface area contributed by atoms with Gasteiger partial charge in [-0.25, -0.2) is 0 Å². The van der Waals surface area contributed by atoms with E-state index < -0.39 is 0 Å². The molecule has 0 spiro atoms. The molecular weight excluding hydrogens is 434 g/mol. The van der Waals surface area contributed by atoms with Crippen molar-refractivity contribution in [2.45, 2.75) is 19.3 Å². The average Bonchev–Trinajstić information content (AvgIpc) is 2.84. The van der Waals surface area contributed by atoms with Crippen molar-refractivity contribution in [2.24, 2.45) is 0 Å². The van der Waals surface area contributed by atoms with Gasteiger partial charge in [-0.15, -0.1) is 0 Å². The minimum absolute atomic E-state index is 0.0323. The van der Waals surface area contributed by atoms with E-state index in [0.717, 1.165) is 37.9 Å². The number of rotatable bonds is 1. The molecular formula is C26H31N3O5. The van der Waals surface area contributed by atoms with E-state index in [1.54, 1.807) is 42.5 Å². The second-order valence-electron chi connectivity index (χ2n) is 7.79. The van der Waals surface area contributed by atoms with Crippen LogP contribution in [0.15, 0.2) is 48.6 Å². The Labute approximate surface area is 199 Å². The molecule has 0 fully saturated rings. The highest BCUT2D eigenvalue weighted by atomic mass is 16.5. The van der Waals surface area contributed by atoms with Crippen LogP contribution in [0.2, 0.25) is 0 Å². The molecule has 0 atom stereocenters. The Morgan fingerprint density at radius 1 is 0.824 bits per heavy atom. The topological polar surface area (TPSA) is 109 Å². The molecule has 0 aliphatic carbocycles. The lowest BCUT2D eigenvalue weighted by Gasteiger charge is -2.11. The Balaban J connectivity index is 1.80. The molecule has 0 saturated carbocycles. The molecule has 4 rings (SSSR count). The van der Waals surface area contributed by atoms with Gasteiger partial charge in [0.25, 0.3) is 0 Å². The molecule has 4 bridgehead atoms. The standard InChI is InChI=1S/C26H31N3O5/c1-33-23-18-21-9-7-20(23)8-12-26(32)28-15-3-2-13-27-14-4-16-29-25(31)11-6-19-5-10-22(30)24(17-19)34-21/h5-12,17-18,27,30H,2-4,13-16H2,1H3,(H,28,32)(H,29,31). The minimum atomic E-state index is -0.186. The number of nitrogens with one attached hydrogen (secondary N) is 3. The fourth-order valence-electron chi connectivity index (χ4n) is 3.33. The van der Waals surface area contributed by atoms with Gasteiger partial charge in [-0.05, 0) is 74.3 Å². The summed E-state index contributed by atoms with van der Waals surface area (Å²) < 4.78 is 11.3. The van der Waals surface area contributed by atoms with Crippen LogP contribution < -0.4 is 25.4 Å². The Bertz CT molecular complexity index is 1050. The first kappa shape index (κ1) is 24.9. The van der Waals surface area contributed by atoms with Crippen LogP contribution in [-0.2, 0) is 9.59 Å². The molecule has 0 radical (unpaired) electrons. The van der Waals surface area contributed by atoms with Crippen LogP contribution in [0, 0.1) is 0 Å². The van der Waals surface area contributed by atoms with E-state index in [1.165, 1.54) is 25.3 Å². The van der Waals surface area contributed by atoms with Crippen molar-refractivity contribution < 1.29 is 24.2 Å². The van der Waals surface area contributed by atoms with E-state index in [0.29, 0.717) is 30.2 Å². The zero-order valence-electron chi connectivity index (χ0n) is 19.3. The van der Waals surface area contributed by atoms with Gasteiger partial charge in [-0.1, -0.05) is 6.07 Å². The third-order valence-electron chi connectivity index (χ3n) is 5.17. The van der Waals surface area contributed by atoms with Gasteiger partial charge < -0.3 is 30.5 Å². The second-order valence-corrected chi connectivity index (χ2v) is 7.79. The summed E-state index contributed by atoms with van der Waals surface area (Å²) in [4.78, 5) is 24.2. The van der Waals surface area contributed by atoms with E-state index in [4.69, 9.17) is 9.47 Å². The highest BCUT2D eigenvalue weighted by molar-refractivity contribution is 5.92. The Morgan fingerprint density at radius 2 is 1.53 bits per heavy atom. The predicted molar refractivity (Wildman–Crippen MR) is 132 cm³/mol. The van der Waals surface area contributed by atoms with Crippen molar-refractivity contribution in [3.8, 4) is 23.0 Å². The summed E-state index contributed by atoms with van der Waals surface area (Å²) in [6.07, 6.45) is 8.93. The maximum Gasteiger partial charge on any atom is 0.244 e. The van der Waals surface area contributed by atoms with Crippen molar-refractivity contribution >= 4 is 24.0 Å². The number of ether oxygens (including phenoxy) is 2. The average molecular weight is 466 g/mol. The number of phenols is 1. The van der Waals surface area contributed by atoms with Crippen LogP contribution in [0.5, 0.6) is 23.0 Å². The summed E-state index contributed by atoms with van der Waals surface area (Å²) in [7, 11) is 1.54. The van der Waals surface area contributed by atoms with Crippen LogP contribution in [0.25, 0.3) is 12.2 Å². The quantitative estimate of drug-likeness (QED) is 0.515. The maximum atomic E-state index is 12.1. The second kappa shape index (κ2) is 13.1. The molecule has 4 N–H and O–H groups in total. The maximum absolute atomic E-state index is 12.1. The fourth-order valence-corrected chi connectivity index (χ4v) is 3.33. The zero-order valence-corrected chi connectivity index (χ0v) is 19.3. The Kier molecular flexibility index (Phi) is 9.54. The molecule has 2 aromatic carbocycles. The van der Waals surface area contributed by atoms with Gasteiger partial charge in [0.15, 0.2) is 11.5 Å². The van der Waals surface area contributed by atoms with Crippen LogP contribution >= 0.6 is 0 Å². The first-order valence-electron chi connectivity index (χ1n) is 11.4. The summed E-state index contributed by atoms with van der Waals surface area (Å²) in [6, 6.07) is 10.0. The number of carbonyl (C=O) groups excluding carboxylic acids is 2. The number of amides is 2. The number of aromatic hydroxyl groups is 1. The van der Waals surface area contributed by atoms with Crippen molar-refractivity contribution in [1.29, 1.82) is 0 Å². The largest absolute Gasteiger partial charge is 0.504 e. The molecule has 8 nitrogen and oxygen atoms in total. The van der Waals surface area contributed by atoms with Crippen molar-refractivity contribution in [3.63, 3.8) is 0 Å². The van der Waals surface area contributed by atoms with Gasteiger partial charge >= 0.3 is 0 Å². The minimum Gasteiger partial charge on any atom is -0.504 e. The van der Waals surface area contributed by atoms with E-state index in [9.17, 15) is 14.7 Å². The summed E-state index contributed by atoms with van der Waals surface area (Å²) in [5, 5.41) is 19.3. The molecule has 0 saturated heterocycles. The highest BCUT2D eigenvalue weighted by Gasteiger charge is 2.09. The number of carbonyl (C=O) groups is 2. The molecule has 8 heteroatoms. The van der Waals surface area contributed by atoms with Crippen LogP contribution in [-0.4, -0.2) is 50.2 Å². The van der Waals surface area contributed by atoms with Gasteiger partial charge in [0, 0.05) is 36.9 Å². The van der Waals surface area contributed by atoms with Gasteiger partial charge in [-0.3, -0.25) is 9.59 Å². The van der Waals surface area contributed by atoms with Gasteiger partial charge in [-0.2, -0.15) is 0 Å². The van der Waals surface area contributed by atoms with E-state index in [2.05, 4.69) is 16.0 Å². The summed E-state index contributed by atoms with van der Waals surface area (Å²) in [5.74, 6) is 0.831. The molecule has 2 amide bonds. The van der Waals surface area contributed by atoms with Crippen LogP contribution in [0.3, 0.4) is 0 Å². The molecule has 2 aromatic rings. The summed E-state index contributed by atoms with van der Waals surface area (Å²) >= 11 is 0. The number of methoxy groups -OCH3 is 1. The molecule has 2 aliphatic rings. The molecule has 0 aromatic heterocycles. The predicted octanol–water partition coefficient (Wildman–Crippen LogP) is 3.23. The number of fused-ring (bicyclic) bond motifs is 15. The third kappa shape index (κ3) is 7.97. The summed E-state index contributed by atoms with van der Waals surface area (Å²) in [6.45, 7) is 2.83. The lowest BCUT2D eigenvalue weighted by molar-refractivity contribution is -0.117. The van der Waals surface area contributed by atoms with E-state index >= 15 is 0 Å². The van der Waals surface area contributed by atoms with Gasteiger partial charge in [0.05, 0.1) is 7.11 Å². The number of hydrogen-bond donors (Lipinski definition) is 4. The first-order valence-corrected chi connectivity index (χ1v) is 11.4. The van der Waals surface area contributed by atoms with E-state index in [-0.39, 0.29) is 23.3 Å². The van der Waals surface area contributed by atoms with Crippen molar-refractivity contribution in [1.82, 2.24) is 16.0 Å². The number of benzene rings is 2. The Morgan fingerprint density at radius 3 is 2.32 bits per heavy atom. The van der Waals surface area contributed by atoms with Gasteiger partial charge in [0.1, 0.15) is 11.5 Å². The molecule has 0 unspecified atom stereocenters. The first-order chi connectivity index (χ1) is 16.5. The molecule has 2 heterocycles. The smallest absolute Gasteiger partial charge is 0.244 e. The number of phenolic OH excluding ortho intramolecular Hbond substituents is 1. The van der Waals surface area contributed by atoms with Crippen LogP contribution in [0.1, 0.15) is 30.4 Å². The van der Waals surface area contributed by atoms with Crippen molar-refractivity contribution in [3.05, 3.63) is 59.7 Å². The highest BCUT2D eigenvalue weighted by Crippen LogP contribution is 2.34. The fraction of sp³-hybridized carbons (Fsp3) is 0.308. The van der Waals surface area contributed by atoms with Crippen LogP contribution in [0.4, 0.5) is 0 Å². The molecule has 34 heavy (non-hydrogen) atoms. The summed E-state index contributed by atoms with van der Waals surface area (Å²) in [5.41, 5.74) is 1.42. The SMILES string of the molecule is COc1cc2ccc1C=CC(=O)NCCCCNCCCNC(=O)C=Cc1ccc(O)c(c1)O2. The lowest BCUT2D eigenvalue weighted by atomic mass is 10.1. The van der Waals surface area contributed by atoms with E-state index in [1.807, 2.05) is 0 Å². The zero-order chi connectivity index (χ0) is 24.2. The molecule has 180 valence electrons. The molecule has 2 aliphatic heterocycles. The van der Waals surface area contributed by atoms with Gasteiger partial charge in [0.2, 0.25) is 11.8 Å². The normalized spacial score (nSPS) is 16.1. The number of hydrogen-bond acceptors (Lipinski definition) is 6.